The van der Waals surface area contributed by atoms with E-state index in [1.54, 1.807) is 36.4 Å². The van der Waals surface area contributed by atoms with Crippen LogP contribution < -0.4 is 19.1 Å². The predicted octanol–water partition coefficient (Wildman–Crippen LogP) is 3.70. The van der Waals surface area contributed by atoms with Gasteiger partial charge >= 0.3 is 0 Å². The smallest absolute Gasteiger partial charge is 0.240 e. The van der Waals surface area contributed by atoms with Gasteiger partial charge in [-0.1, -0.05) is 35.9 Å². The van der Waals surface area contributed by atoms with Crippen LogP contribution >= 0.6 is 0 Å². The Balaban J connectivity index is 1.36. The molecule has 0 saturated carbocycles. The first-order valence-corrected chi connectivity index (χ1v) is 13.1. The highest BCUT2D eigenvalue weighted by Crippen LogP contribution is 2.36. The molecule has 1 saturated heterocycles. The number of hydrogen-bond donors (Lipinski definition) is 1. The number of benzene rings is 3. The molecule has 2 aliphatic rings. The number of nitrogens with zero attached hydrogens (tertiary/aromatic N) is 2. The van der Waals surface area contributed by atoms with Crippen LogP contribution in [0.25, 0.3) is 0 Å². The van der Waals surface area contributed by atoms with Crippen molar-refractivity contribution in [2.45, 2.75) is 17.9 Å². The van der Waals surface area contributed by atoms with Gasteiger partial charge in [-0.15, -0.1) is 0 Å². The molecule has 0 spiro atoms. The molecular weight excluding hydrogens is 469 g/mol. The number of fused-ring (bicyclic) bond motifs is 1. The molecule has 0 radical (unpaired) electrons. The average molecular weight is 498 g/mol. The van der Waals surface area contributed by atoms with E-state index in [1.165, 1.54) is 6.07 Å². The molecular formula is C26H28FN3O4S. The maximum Gasteiger partial charge on any atom is 0.240 e. The van der Waals surface area contributed by atoms with Gasteiger partial charge < -0.3 is 14.4 Å². The zero-order chi connectivity index (χ0) is 24.4. The first kappa shape index (κ1) is 23.6. The molecule has 1 atom stereocenters. The van der Waals surface area contributed by atoms with Crippen LogP contribution in [0.2, 0.25) is 0 Å². The molecule has 7 nitrogen and oxygen atoms in total. The van der Waals surface area contributed by atoms with E-state index in [-0.39, 0.29) is 30.1 Å². The van der Waals surface area contributed by atoms with E-state index in [2.05, 4.69) is 9.62 Å². The fraction of sp³-hybridized carbons (Fsp3) is 0.308. The Hall–Kier alpha value is -3.14. The van der Waals surface area contributed by atoms with Crippen LogP contribution in [0, 0.1) is 12.7 Å². The van der Waals surface area contributed by atoms with Gasteiger partial charge in [-0.2, -0.15) is 0 Å². The van der Waals surface area contributed by atoms with E-state index in [1.807, 2.05) is 36.1 Å². The van der Waals surface area contributed by atoms with E-state index >= 15 is 0 Å². The summed E-state index contributed by atoms with van der Waals surface area (Å²) >= 11 is 0. The summed E-state index contributed by atoms with van der Waals surface area (Å²) in [5.74, 6) is 1.09. The summed E-state index contributed by atoms with van der Waals surface area (Å²) < 4.78 is 54.1. The minimum atomic E-state index is -3.68. The summed E-state index contributed by atoms with van der Waals surface area (Å²) in [5, 5.41) is 0. The second kappa shape index (κ2) is 9.85. The van der Waals surface area contributed by atoms with E-state index in [0.717, 1.165) is 11.1 Å². The Morgan fingerprint density at radius 2 is 1.66 bits per heavy atom. The third-order valence-corrected chi connectivity index (χ3v) is 7.97. The Morgan fingerprint density at radius 3 is 2.40 bits per heavy atom. The maximum absolute atomic E-state index is 14.3. The standard InChI is InChI=1S/C26H28FN3O4S/c1-19-6-9-21(10-7-19)35(31,32)28-17-24(20-8-11-25-26(16-20)34-18-33-25)30-14-12-29(13-15-30)23-5-3-2-4-22(23)27/h2-11,16,24,28H,12-15,17-18H2,1H3/t24-/m0/s1. The topological polar surface area (TPSA) is 71.1 Å². The van der Waals surface area contributed by atoms with Crippen molar-refractivity contribution in [3.8, 4) is 11.5 Å². The lowest BCUT2D eigenvalue weighted by molar-refractivity contribution is 0.173. The molecule has 5 rings (SSSR count). The number of rotatable bonds is 7. The van der Waals surface area contributed by atoms with Crippen molar-refractivity contribution in [3.05, 3.63) is 83.7 Å². The molecule has 0 bridgehead atoms. The van der Waals surface area contributed by atoms with Gasteiger partial charge in [-0.3, -0.25) is 4.90 Å². The number of sulfonamides is 1. The minimum Gasteiger partial charge on any atom is -0.454 e. The molecule has 3 aromatic rings. The van der Waals surface area contributed by atoms with E-state index in [9.17, 15) is 12.8 Å². The SMILES string of the molecule is Cc1ccc(S(=O)(=O)NC[C@@H](c2ccc3c(c2)OCO3)N2CCN(c3ccccc3F)CC2)cc1. The second-order valence-corrected chi connectivity index (χ2v) is 10.5. The van der Waals surface area contributed by atoms with E-state index in [0.29, 0.717) is 43.4 Å². The summed E-state index contributed by atoms with van der Waals surface area (Å²) in [6, 6.07) is 19.1. The first-order valence-electron chi connectivity index (χ1n) is 11.6. The Bertz CT molecular complexity index is 1290. The highest BCUT2D eigenvalue weighted by atomic mass is 32.2. The molecule has 0 amide bonds. The molecule has 184 valence electrons. The van der Waals surface area contributed by atoms with Gasteiger partial charge in [0.15, 0.2) is 11.5 Å². The second-order valence-electron chi connectivity index (χ2n) is 8.77. The van der Waals surface area contributed by atoms with Crippen molar-refractivity contribution >= 4 is 15.7 Å². The van der Waals surface area contributed by atoms with Crippen LogP contribution in [0.3, 0.4) is 0 Å². The lowest BCUT2D eigenvalue weighted by Gasteiger charge is -2.40. The molecule has 35 heavy (non-hydrogen) atoms. The molecule has 1 fully saturated rings. The van der Waals surface area contributed by atoms with Gasteiger partial charge in [0, 0.05) is 38.8 Å². The molecule has 0 aliphatic carbocycles. The summed E-state index contributed by atoms with van der Waals surface area (Å²) in [5.41, 5.74) is 2.52. The van der Waals surface area contributed by atoms with Gasteiger partial charge in [0.25, 0.3) is 0 Å². The number of anilines is 1. The minimum absolute atomic E-state index is 0.171. The van der Waals surface area contributed by atoms with Gasteiger partial charge in [0.2, 0.25) is 16.8 Å². The van der Waals surface area contributed by atoms with E-state index in [4.69, 9.17) is 9.47 Å². The Morgan fingerprint density at radius 1 is 0.943 bits per heavy atom. The number of hydrogen-bond acceptors (Lipinski definition) is 6. The van der Waals surface area contributed by atoms with Crippen molar-refractivity contribution < 1.29 is 22.3 Å². The Labute approximate surface area is 205 Å². The lowest BCUT2D eigenvalue weighted by atomic mass is 10.0. The van der Waals surface area contributed by atoms with Crippen LogP contribution in [0.15, 0.2) is 71.6 Å². The van der Waals surface area contributed by atoms with Crippen molar-refractivity contribution in [2.75, 3.05) is 44.4 Å². The number of piperazine rings is 1. The van der Waals surface area contributed by atoms with Crippen LogP contribution in [0.4, 0.5) is 10.1 Å². The average Bonchev–Trinajstić information content (AvgIpc) is 3.33. The fourth-order valence-electron chi connectivity index (χ4n) is 4.55. The molecule has 9 heteroatoms. The Kier molecular flexibility index (Phi) is 6.64. The van der Waals surface area contributed by atoms with Crippen LogP contribution in [0.5, 0.6) is 11.5 Å². The monoisotopic (exact) mass is 497 g/mol. The number of para-hydroxylation sites is 1. The van der Waals surface area contributed by atoms with Gasteiger partial charge in [-0.05, 0) is 48.9 Å². The normalized spacial score (nSPS) is 16.9. The zero-order valence-corrected chi connectivity index (χ0v) is 20.3. The summed E-state index contributed by atoms with van der Waals surface area (Å²) in [4.78, 5) is 4.49. The molecule has 0 unspecified atom stereocenters. The molecule has 3 aromatic carbocycles. The number of aryl methyl sites for hydroxylation is 1. The van der Waals surface area contributed by atoms with E-state index < -0.39 is 10.0 Å². The fourth-order valence-corrected chi connectivity index (χ4v) is 5.59. The summed E-state index contributed by atoms with van der Waals surface area (Å²) in [6.45, 7) is 4.85. The highest BCUT2D eigenvalue weighted by molar-refractivity contribution is 7.89. The summed E-state index contributed by atoms with van der Waals surface area (Å²) in [6.07, 6.45) is 0. The number of ether oxygens (including phenoxy) is 2. The van der Waals surface area contributed by atoms with Crippen LogP contribution in [-0.4, -0.2) is 52.8 Å². The van der Waals surface area contributed by atoms with Crippen LogP contribution in [-0.2, 0) is 10.0 Å². The van der Waals surface area contributed by atoms with Gasteiger partial charge in [-0.25, -0.2) is 17.5 Å². The van der Waals surface area contributed by atoms with Crippen LogP contribution in [0.1, 0.15) is 17.2 Å². The van der Waals surface area contributed by atoms with Crippen molar-refractivity contribution in [1.82, 2.24) is 9.62 Å². The van der Waals surface area contributed by atoms with Crippen molar-refractivity contribution in [1.29, 1.82) is 0 Å². The zero-order valence-electron chi connectivity index (χ0n) is 19.5. The third-order valence-electron chi connectivity index (χ3n) is 6.53. The van der Waals surface area contributed by atoms with Gasteiger partial charge in [0.1, 0.15) is 5.82 Å². The van der Waals surface area contributed by atoms with Gasteiger partial charge in [0.05, 0.1) is 10.6 Å². The quantitative estimate of drug-likeness (QED) is 0.537. The highest BCUT2D eigenvalue weighted by Gasteiger charge is 2.29. The largest absolute Gasteiger partial charge is 0.454 e. The molecule has 0 aromatic heterocycles. The number of halogens is 1. The molecule has 2 heterocycles. The summed E-state index contributed by atoms with van der Waals surface area (Å²) in [7, 11) is -3.68. The lowest BCUT2D eigenvalue weighted by Crippen LogP contribution is -2.50. The predicted molar refractivity (Wildman–Crippen MR) is 132 cm³/mol. The van der Waals surface area contributed by atoms with Crippen molar-refractivity contribution in [3.63, 3.8) is 0 Å². The number of nitrogens with one attached hydrogen (secondary N) is 1. The molecule has 1 N–H and O–H groups in total. The maximum atomic E-state index is 14.3. The van der Waals surface area contributed by atoms with Crippen molar-refractivity contribution in [2.24, 2.45) is 0 Å². The molecule has 2 aliphatic heterocycles. The third kappa shape index (κ3) is 5.12. The first-order chi connectivity index (χ1) is 16.9.